The third-order valence-corrected chi connectivity index (χ3v) is 7.06. The number of rotatable bonds is 6. The third-order valence-electron chi connectivity index (χ3n) is 6.68. The van der Waals surface area contributed by atoms with E-state index in [1.807, 2.05) is 4.68 Å². The van der Waals surface area contributed by atoms with E-state index in [2.05, 4.69) is 53.7 Å². The molecule has 1 aromatic carbocycles. The predicted molar refractivity (Wildman–Crippen MR) is 135 cm³/mol. The summed E-state index contributed by atoms with van der Waals surface area (Å²) in [4.78, 5) is 25.9. The van der Waals surface area contributed by atoms with Crippen molar-refractivity contribution in [1.82, 2.24) is 24.5 Å². The van der Waals surface area contributed by atoms with Gasteiger partial charge < -0.3 is 15.1 Å². The number of halogens is 1. The summed E-state index contributed by atoms with van der Waals surface area (Å²) in [7, 11) is 0. The standard InChI is InChI=1S/C23H34ClN5.C2H2O4/c1-18-6-7-19(2)22(16-18)29-23(24)21(20(3)25-29)17-28-14-12-27(13-15-28)11-10-26-8-4-5-9-26;3-1(4)2(5)6/h6-7,16H,4-5,8-15,17H2,1-3H3;(H,3,4)(H,5,6). The topological polar surface area (TPSA) is 102 Å². The molecular weight excluding hydrogens is 470 g/mol. The Labute approximate surface area is 211 Å². The van der Waals surface area contributed by atoms with E-state index in [-0.39, 0.29) is 0 Å². The second-order valence-corrected chi connectivity index (χ2v) is 9.69. The Morgan fingerprint density at radius 1 is 0.886 bits per heavy atom. The Balaban J connectivity index is 0.000000509. The van der Waals surface area contributed by atoms with Gasteiger partial charge in [0.1, 0.15) is 5.15 Å². The van der Waals surface area contributed by atoms with Crippen molar-refractivity contribution < 1.29 is 19.8 Å². The monoisotopic (exact) mass is 505 g/mol. The van der Waals surface area contributed by atoms with Gasteiger partial charge in [0.25, 0.3) is 0 Å². The Hall–Kier alpha value is -2.46. The van der Waals surface area contributed by atoms with Gasteiger partial charge in [-0.3, -0.25) is 9.80 Å². The highest BCUT2D eigenvalue weighted by Crippen LogP contribution is 2.27. The van der Waals surface area contributed by atoms with Crippen LogP contribution in [0, 0.1) is 20.8 Å². The normalized spacial score (nSPS) is 17.3. The van der Waals surface area contributed by atoms with Crippen molar-refractivity contribution in [1.29, 1.82) is 0 Å². The van der Waals surface area contributed by atoms with Crippen LogP contribution in [0.4, 0.5) is 0 Å². The van der Waals surface area contributed by atoms with Crippen LogP contribution in [0.5, 0.6) is 0 Å². The highest BCUT2D eigenvalue weighted by molar-refractivity contribution is 6.30. The van der Waals surface area contributed by atoms with Gasteiger partial charge >= 0.3 is 11.9 Å². The molecule has 0 atom stereocenters. The highest BCUT2D eigenvalue weighted by atomic mass is 35.5. The number of aryl methyl sites for hydroxylation is 3. The van der Waals surface area contributed by atoms with Crippen molar-refractivity contribution in [3.8, 4) is 5.69 Å². The van der Waals surface area contributed by atoms with Crippen LogP contribution >= 0.6 is 11.6 Å². The number of carbonyl (C=O) groups is 2. The van der Waals surface area contributed by atoms with Crippen molar-refractivity contribution in [3.05, 3.63) is 45.7 Å². The molecule has 0 amide bonds. The number of carboxylic acid groups (broad SMARTS) is 2. The number of carboxylic acids is 2. The van der Waals surface area contributed by atoms with Gasteiger partial charge in [0, 0.05) is 51.4 Å². The Bertz CT molecular complexity index is 1020. The molecule has 3 heterocycles. The molecule has 2 aromatic rings. The molecular formula is C25H36ClN5O4. The summed E-state index contributed by atoms with van der Waals surface area (Å²) in [6.45, 7) is 16.7. The zero-order chi connectivity index (χ0) is 25.5. The summed E-state index contributed by atoms with van der Waals surface area (Å²) >= 11 is 6.82. The molecule has 9 nitrogen and oxygen atoms in total. The number of benzene rings is 1. The number of aliphatic carboxylic acids is 2. The second-order valence-electron chi connectivity index (χ2n) is 9.33. The lowest BCUT2D eigenvalue weighted by Crippen LogP contribution is -2.47. The third kappa shape index (κ3) is 7.51. The Morgan fingerprint density at radius 2 is 1.43 bits per heavy atom. The number of hydrogen-bond donors (Lipinski definition) is 2. The Kier molecular flexibility index (Phi) is 9.68. The molecule has 0 bridgehead atoms. The van der Waals surface area contributed by atoms with Crippen LogP contribution in [0.15, 0.2) is 18.2 Å². The fourth-order valence-corrected chi connectivity index (χ4v) is 4.83. The molecule has 1 aromatic heterocycles. The summed E-state index contributed by atoms with van der Waals surface area (Å²) < 4.78 is 1.92. The smallest absolute Gasteiger partial charge is 0.414 e. The average Bonchev–Trinajstić information content (AvgIpc) is 3.44. The van der Waals surface area contributed by atoms with Gasteiger partial charge in [-0.25, -0.2) is 14.3 Å². The molecule has 35 heavy (non-hydrogen) atoms. The summed E-state index contributed by atoms with van der Waals surface area (Å²) in [5, 5.41) is 20.3. The van der Waals surface area contributed by atoms with E-state index < -0.39 is 11.9 Å². The molecule has 4 rings (SSSR count). The first-order valence-electron chi connectivity index (χ1n) is 12.1. The maximum Gasteiger partial charge on any atom is 0.414 e. The van der Waals surface area contributed by atoms with Crippen LogP contribution in [0.3, 0.4) is 0 Å². The SMILES string of the molecule is Cc1ccc(C)c(-n2nc(C)c(CN3CCN(CCN4CCCC4)CC3)c2Cl)c1.O=C(O)C(=O)O. The summed E-state index contributed by atoms with van der Waals surface area (Å²) in [6, 6.07) is 6.43. The summed E-state index contributed by atoms with van der Waals surface area (Å²) in [5.41, 5.74) is 5.70. The molecule has 2 N–H and O–H groups in total. The molecule has 0 saturated carbocycles. The lowest BCUT2D eigenvalue weighted by molar-refractivity contribution is -0.159. The molecule has 0 aliphatic carbocycles. The lowest BCUT2D eigenvalue weighted by atomic mass is 10.1. The molecule has 0 spiro atoms. The molecule has 2 saturated heterocycles. The van der Waals surface area contributed by atoms with Crippen LogP contribution in [-0.2, 0) is 16.1 Å². The first-order chi connectivity index (χ1) is 16.7. The van der Waals surface area contributed by atoms with E-state index in [0.717, 1.165) is 54.8 Å². The zero-order valence-corrected chi connectivity index (χ0v) is 21.6. The second kappa shape index (κ2) is 12.5. The van der Waals surface area contributed by atoms with E-state index >= 15 is 0 Å². The van der Waals surface area contributed by atoms with E-state index in [1.54, 1.807) is 0 Å². The molecule has 0 radical (unpaired) electrons. The van der Waals surface area contributed by atoms with Crippen LogP contribution in [-0.4, -0.2) is 99.0 Å². The molecule has 10 heteroatoms. The van der Waals surface area contributed by atoms with Gasteiger partial charge in [-0.15, -0.1) is 0 Å². The number of nitrogens with zero attached hydrogens (tertiary/aromatic N) is 5. The van der Waals surface area contributed by atoms with Gasteiger partial charge in [-0.1, -0.05) is 23.7 Å². The predicted octanol–water partition coefficient (Wildman–Crippen LogP) is 2.82. The lowest BCUT2D eigenvalue weighted by Gasteiger charge is -2.35. The van der Waals surface area contributed by atoms with Gasteiger partial charge in [0.15, 0.2) is 0 Å². The molecule has 2 aliphatic heterocycles. The van der Waals surface area contributed by atoms with Crippen LogP contribution in [0.25, 0.3) is 5.69 Å². The number of piperazine rings is 1. The van der Waals surface area contributed by atoms with Crippen LogP contribution in [0.1, 0.15) is 35.2 Å². The van der Waals surface area contributed by atoms with Gasteiger partial charge in [0.05, 0.1) is 11.4 Å². The van der Waals surface area contributed by atoms with Crippen molar-refractivity contribution in [3.63, 3.8) is 0 Å². The van der Waals surface area contributed by atoms with E-state index in [1.165, 1.54) is 50.1 Å². The van der Waals surface area contributed by atoms with Crippen LogP contribution < -0.4 is 0 Å². The quantitative estimate of drug-likeness (QED) is 0.578. The van der Waals surface area contributed by atoms with Crippen molar-refractivity contribution in [2.75, 3.05) is 52.4 Å². The molecule has 2 aliphatic rings. The number of likely N-dealkylation sites (tertiary alicyclic amines) is 1. The van der Waals surface area contributed by atoms with Gasteiger partial charge in [-0.2, -0.15) is 5.10 Å². The number of hydrogen-bond acceptors (Lipinski definition) is 6. The van der Waals surface area contributed by atoms with Crippen molar-refractivity contribution >= 4 is 23.5 Å². The van der Waals surface area contributed by atoms with E-state index in [9.17, 15) is 0 Å². The molecule has 2 fully saturated rings. The highest BCUT2D eigenvalue weighted by Gasteiger charge is 2.22. The summed E-state index contributed by atoms with van der Waals surface area (Å²) in [5.74, 6) is -3.65. The fraction of sp³-hybridized carbons (Fsp3) is 0.560. The number of aromatic nitrogens is 2. The van der Waals surface area contributed by atoms with Crippen LogP contribution in [0.2, 0.25) is 5.15 Å². The Morgan fingerprint density at radius 3 is 2.00 bits per heavy atom. The van der Waals surface area contributed by atoms with E-state index in [0.29, 0.717) is 0 Å². The first-order valence-corrected chi connectivity index (χ1v) is 12.5. The minimum absolute atomic E-state index is 0.757. The minimum Gasteiger partial charge on any atom is -0.473 e. The fourth-order valence-electron chi connectivity index (χ4n) is 4.50. The van der Waals surface area contributed by atoms with Crippen molar-refractivity contribution in [2.24, 2.45) is 0 Å². The largest absolute Gasteiger partial charge is 0.473 e. The van der Waals surface area contributed by atoms with Crippen molar-refractivity contribution in [2.45, 2.75) is 40.2 Å². The van der Waals surface area contributed by atoms with E-state index in [4.69, 9.17) is 36.5 Å². The maximum absolute atomic E-state index is 9.10. The molecule has 0 unspecified atom stereocenters. The minimum atomic E-state index is -1.82. The van der Waals surface area contributed by atoms with Gasteiger partial charge in [0.2, 0.25) is 0 Å². The average molecular weight is 506 g/mol. The van der Waals surface area contributed by atoms with Gasteiger partial charge in [-0.05, 0) is 63.9 Å². The zero-order valence-electron chi connectivity index (χ0n) is 20.8. The first kappa shape index (κ1) is 27.1. The summed E-state index contributed by atoms with van der Waals surface area (Å²) in [6.07, 6.45) is 2.76. The molecule has 192 valence electrons. The maximum atomic E-state index is 9.10.